The van der Waals surface area contributed by atoms with Crippen molar-refractivity contribution in [3.05, 3.63) is 0 Å². The van der Waals surface area contributed by atoms with Gasteiger partial charge in [0.25, 0.3) is 0 Å². The fraction of sp³-hybridized carbons (Fsp3) is 1.00. The number of rotatable bonds is 9. The molecule has 0 saturated carbocycles. The molecule has 0 aromatic rings. The Kier molecular flexibility index (Phi) is 12.2. The third kappa shape index (κ3) is 6.99. The fourth-order valence-electron chi connectivity index (χ4n) is 5.01. The van der Waals surface area contributed by atoms with Crippen molar-refractivity contribution in [1.29, 1.82) is 0 Å². The minimum atomic E-state index is 0. The van der Waals surface area contributed by atoms with Crippen LogP contribution < -0.4 is 0 Å². The van der Waals surface area contributed by atoms with E-state index < -0.39 is 0 Å². The van der Waals surface area contributed by atoms with Crippen LogP contribution in [0.15, 0.2) is 0 Å². The summed E-state index contributed by atoms with van der Waals surface area (Å²) in [5, 5.41) is 0. The molecule has 2 rings (SSSR count). The number of likely N-dealkylation sites (tertiary alicyclic amines) is 2. The van der Waals surface area contributed by atoms with Crippen LogP contribution >= 0.6 is 0 Å². The molecule has 2 saturated heterocycles. The lowest BCUT2D eigenvalue weighted by Crippen LogP contribution is -2.52. The Morgan fingerprint density at radius 3 is 1.12 bits per heavy atom. The highest BCUT2D eigenvalue weighted by molar-refractivity contribution is 4.56. The first-order valence-electron chi connectivity index (χ1n) is 10.4. The molecule has 0 aromatic heterocycles. The third-order valence-corrected chi connectivity index (χ3v) is 6.89. The first-order chi connectivity index (χ1) is 10.7. The highest BCUT2D eigenvalue weighted by atomic mass is 16.0. The Hall–Kier alpha value is -0.160. The summed E-state index contributed by atoms with van der Waals surface area (Å²) in [6.07, 6.45) is 14.8. The molecular formula is C20H44N2O2. The van der Waals surface area contributed by atoms with Gasteiger partial charge < -0.3 is 19.9 Å². The third-order valence-electron chi connectivity index (χ3n) is 6.89. The highest BCUT2D eigenvalue weighted by Crippen LogP contribution is 2.22. The zero-order valence-corrected chi connectivity index (χ0v) is 16.5. The van der Waals surface area contributed by atoms with Gasteiger partial charge in [0.05, 0.1) is 52.4 Å². The molecule has 0 atom stereocenters. The van der Waals surface area contributed by atoms with Crippen LogP contribution in [0.4, 0.5) is 0 Å². The van der Waals surface area contributed by atoms with Crippen molar-refractivity contribution in [3.8, 4) is 0 Å². The number of quaternary nitrogens is 2. The molecule has 2 aliphatic rings. The minimum Gasteiger partial charge on any atom is -0.870 e. The maximum absolute atomic E-state index is 2.41. The molecule has 2 aliphatic heterocycles. The summed E-state index contributed by atoms with van der Waals surface area (Å²) in [7, 11) is 0. The van der Waals surface area contributed by atoms with Crippen molar-refractivity contribution in [2.45, 2.75) is 78.1 Å². The van der Waals surface area contributed by atoms with Crippen LogP contribution in [0.3, 0.4) is 0 Å². The Labute approximate surface area is 151 Å². The van der Waals surface area contributed by atoms with Crippen molar-refractivity contribution in [1.82, 2.24) is 0 Å². The molecule has 2 heterocycles. The van der Waals surface area contributed by atoms with Gasteiger partial charge in [-0.25, -0.2) is 0 Å². The van der Waals surface area contributed by atoms with Gasteiger partial charge in [-0.1, -0.05) is 0 Å². The van der Waals surface area contributed by atoms with Crippen molar-refractivity contribution in [2.75, 3.05) is 52.4 Å². The van der Waals surface area contributed by atoms with Crippen LogP contribution in [0.5, 0.6) is 0 Å². The van der Waals surface area contributed by atoms with Gasteiger partial charge in [-0.2, -0.15) is 0 Å². The Balaban J connectivity index is 0.00000264. The average Bonchev–Trinajstić information content (AvgIpc) is 2.59. The lowest BCUT2D eigenvalue weighted by molar-refractivity contribution is -0.931. The van der Waals surface area contributed by atoms with Gasteiger partial charge >= 0.3 is 0 Å². The van der Waals surface area contributed by atoms with Crippen LogP contribution in [-0.2, 0) is 0 Å². The van der Waals surface area contributed by atoms with Gasteiger partial charge in [-0.05, 0) is 78.1 Å². The van der Waals surface area contributed by atoms with E-state index in [2.05, 4.69) is 13.8 Å². The normalized spacial score (nSPS) is 22.2. The molecule has 0 aromatic carbocycles. The SMILES string of the molecule is CC[N+]1(CCCCCC[N+]2(CC)CCCCC2)CCCCC1.[OH-].[OH-]. The monoisotopic (exact) mass is 344 g/mol. The van der Waals surface area contributed by atoms with Gasteiger partial charge in [0.1, 0.15) is 0 Å². The van der Waals surface area contributed by atoms with Crippen LogP contribution in [-0.4, -0.2) is 72.3 Å². The Morgan fingerprint density at radius 2 is 0.833 bits per heavy atom. The average molecular weight is 345 g/mol. The molecule has 0 radical (unpaired) electrons. The van der Waals surface area contributed by atoms with Gasteiger partial charge in [0.15, 0.2) is 0 Å². The van der Waals surface area contributed by atoms with E-state index >= 15 is 0 Å². The lowest BCUT2D eigenvalue weighted by Gasteiger charge is -2.41. The summed E-state index contributed by atoms with van der Waals surface area (Å²) < 4.78 is 2.88. The smallest absolute Gasteiger partial charge is 0.0786 e. The molecule has 4 nitrogen and oxygen atoms in total. The van der Waals surface area contributed by atoms with Crippen molar-refractivity contribution >= 4 is 0 Å². The van der Waals surface area contributed by atoms with Gasteiger partial charge in [-0.3, -0.25) is 0 Å². The Morgan fingerprint density at radius 1 is 0.500 bits per heavy atom. The molecule has 0 unspecified atom stereocenters. The second-order valence-electron chi connectivity index (χ2n) is 8.19. The molecule has 2 N–H and O–H groups in total. The van der Waals surface area contributed by atoms with E-state index in [0.717, 1.165) is 0 Å². The number of unbranched alkanes of at least 4 members (excludes halogenated alkanes) is 3. The summed E-state index contributed by atoms with van der Waals surface area (Å²) in [4.78, 5) is 0. The van der Waals surface area contributed by atoms with E-state index in [1.165, 1.54) is 126 Å². The predicted molar refractivity (Wildman–Crippen MR) is 101 cm³/mol. The van der Waals surface area contributed by atoms with Crippen LogP contribution in [0.25, 0.3) is 0 Å². The van der Waals surface area contributed by atoms with Gasteiger partial charge in [-0.15, -0.1) is 0 Å². The van der Waals surface area contributed by atoms with Crippen molar-refractivity contribution < 1.29 is 19.9 Å². The molecule has 146 valence electrons. The molecule has 2 fully saturated rings. The second kappa shape index (κ2) is 12.2. The van der Waals surface area contributed by atoms with Crippen LogP contribution in [0.2, 0.25) is 0 Å². The van der Waals surface area contributed by atoms with E-state index in [9.17, 15) is 0 Å². The molecule has 0 amide bonds. The number of nitrogens with zero attached hydrogens (tertiary/aromatic N) is 2. The Bertz CT molecular complexity index is 268. The highest BCUT2D eigenvalue weighted by Gasteiger charge is 2.28. The van der Waals surface area contributed by atoms with E-state index in [-0.39, 0.29) is 11.0 Å². The quantitative estimate of drug-likeness (QED) is 0.464. The first kappa shape index (κ1) is 23.8. The minimum absolute atomic E-state index is 0. The maximum Gasteiger partial charge on any atom is 0.0786 e. The number of hydrogen-bond acceptors (Lipinski definition) is 2. The predicted octanol–water partition coefficient (Wildman–Crippen LogP) is 4.23. The molecule has 0 bridgehead atoms. The van der Waals surface area contributed by atoms with E-state index in [1.54, 1.807) is 0 Å². The van der Waals surface area contributed by atoms with E-state index in [4.69, 9.17) is 0 Å². The van der Waals surface area contributed by atoms with Crippen molar-refractivity contribution in [3.63, 3.8) is 0 Å². The van der Waals surface area contributed by atoms with E-state index in [1.807, 2.05) is 0 Å². The summed E-state index contributed by atoms with van der Waals surface area (Å²) in [5.41, 5.74) is 0. The summed E-state index contributed by atoms with van der Waals surface area (Å²) in [6.45, 7) is 16.4. The largest absolute Gasteiger partial charge is 0.870 e. The maximum atomic E-state index is 2.41. The standard InChI is InChI=1S/C20H42N2.2H2O/c1-3-21(17-11-7-12-18-21)15-9-5-6-10-16-22(4-2)19-13-8-14-20-22;;/h3-20H2,1-2H3;2*1H2/q+2;;/p-2. The molecule has 4 heteroatoms. The summed E-state index contributed by atoms with van der Waals surface area (Å²) in [6, 6.07) is 0. The fourth-order valence-corrected chi connectivity index (χ4v) is 5.01. The molecule has 0 spiro atoms. The molecule has 24 heavy (non-hydrogen) atoms. The van der Waals surface area contributed by atoms with Crippen LogP contribution in [0, 0.1) is 0 Å². The first-order valence-corrected chi connectivity index (χ1v) is 10.4. The molecule has 0 aliphatic carbocycles. The summed E-state index contributed by atoms with van der Waals surface area (Å²) in [5.74, 6) is 0. The van der Waals surface area contributed by atoms with Gasteiger partial charge in [0.2, 0.25) is 0 Å². The lowest BCUT2D eigenvalue weighted by atomic mass is 10.0. The van der Waals surface area contributed by atoms with Crippen molar-refractivity contribution in [2.24, 2.45) is 0 Å². The van der Waals surface area contributed by atoms with E-state index in [0.29, 0.717) is 0 Å². The zero-order valence-electron chi connectivity index (χ0n) is 16.5. The van der Waals surface area contributed by atoms with Gasteiger partial charge in [0, 0.05) is 0 Å². The molecular weight excluding hydrogens is 300 g/mol. The zero-order chi connectivity index (χ0) is 15.7. The summed E-state index contributed by atoms with van der Waals surface area (Å²) >= 11 is 0. The van der Waals surface area contributed by atoms with Crippen LogP contribution in [0.1, 0.15) is 78.1 Å². The topological polar surface area (TPSA) is 60.0 Å². The number of hydrogen-bond donors (Lipinski definition) is 0. The number of piperidine rings is 2. The second-order valence-corrected chi connectivity index (χ2v) is 8.19.